The lowest BCUT2D eigenvalue weighted by Gasteiger charge is -2.23. The van der Waals surface area contributed by atoms with Gasteiger partial charge in [0, 0.05) is 29.0 Å². The van der Waals surface area contributed by atoms with Crippen LogP contribution in [0, 0.1) is 11.3 Å². The first-order chi connectivity index (χ1) is 15.6. The second kappa shape index (κ2) is 9.24. The number of benzene rings is 2. The van der Waals surface area contributed by atoms with E-state index in [-0.39, 0.29) is 38.0 Å². The molecule has 3 rings (SSSR count). The van der Waals surface area contributed by atoms with Crippen LogP contribution >= 0.6 is 35.0 Å². The van der Waals surface area contributed by atoms with Gasteiger partial charge in [0.25, 0.3) is 11.2 Å². The normalized spacial score (nSPS) is 14.0. The Morgan fingerprint density at radius 2 is 1.79 bits per heavy atom. The van der Waals surface area contributed by atoms with Gasteiger partial charge in [-0.1, -0.05) is 35.0 Å². The number of nitrogens with one attached hydrogen (secondary N) is 1. The third kappa shape index (κ3) is 5.92. The van der Waals surface area contributed by atoms with Crippen molar-refractivity contribution in [1.82, 2.24) is 15.1 Å². The maximum atomic E-state index is 13.4. The molecule has 5 nitrogen and oxygen atoms in total. The quantitative estimate of drug-likeness (QED) is 0.278. The van der Waals surface area contributed by atoms with Crippen molar-refractivity contribution in [3.8, 4) is 6.07 Å². The van der Waals surface area contributed by atoms with Crippen molar-refractivity contribution < 1.29 is 26.7 Å². The Bertz CT molecular complexity index is 1280. The van der Waals surface area contributed by atoms with Gasteiger partial charge in [-0.05, 0) is 37.3 Å². The predicted molar refractivity (Wildman–Crippen MR) is 119 cm³/mol. The highest BCUT2D eigenvalue weighted by atomic mass is 35.5. The summed E-state index contributed by atoms with van der Waals surface area (Å²) in [7, 11) is 0. The van der Waals surface area contributed by atoms with Gasteiger partial charge < -0.3 is 5.32 Å². The van der Waals surface area contributed by atoms with E-state index in [2.05, 4.69) is 10.4 Å². The van der Waals surface area contributed by atoms with E-state index in [0.29, 0.717) is 17.8 Å². The molecular weight excluding hydrogens is 522 g/mol. The molecule has 1 aromatic heterocycles. The maximum absolute atomic E-state index is 13.4. The lowest BCUT2D eigenvalue weighted by molar-refractivity contribution is -0.136. The zero-order chi connectivity index (χ0) is 25.5. The minimum absolute atomic E-state index is 0.102. The van der Waals surface area contributed by atoms with Crippen LogP contribution in [0.25, 0.3) is 10.9 Å². The Morgan fingerprint density at radius 1 is 1.18 bits per heavy atom. The number of amides is 1. The SMILES string of the molecule is CC(F)(F)Sc1ccc(C(=O)N[C@](C)(C#N)Cn2cc3c(C(F)(F)F)cc(Cl)c(Cl)c3n2)cc1. The lowest BCUT2D eigenvalue weighted by atomic mass is 10.0. The highest BCUT2D eigenvalue weighted by Crippen LogP contribution is 2.40. The highest BCUT2D eigenvalue weighted by molar-refractivity contribution is 8.00. The van der Waals surface area contributed by atoms with Crippen LogP contribution in [0.4, 0.5) is 22.0 Å². The van der Waals surface area contributed by atoms with Crippen molar-refractivity contribution >= 4 is 51.8 Å². The molecule has 0 aliphatic heterocycles. The van der Waals surface area contributed by atoms with Crippen molar-refractivity contribution in [1.29, 1.82) is 5.26 Å². The Morgan fingerprint density at radius 3 is 2.32 bits per heavy atom. The number of aromatic nitrogens is 2. The molecule has 0 spiro atoms. The van der Waals surface area contributed by atoms with Crippen molar-refractivity contribution in [2.75, 3.05) is 0 Å². The predicted octanol–water partition coefficient (Wildman–Crippen LogP) is 6.78. The number of halogens is 7. The molecule has 3 aromatic rings. The monoisotopic (exact) mass is 536 g/mol. The number of fused-ring (bicyclic) bond motifs is 1. The molecule has 0 bridgehead atoms. The molecule has 0 saturated heterocycles. The number of carbonyl (C=O) groups is 1. The van der Waals surface area contributed by atoms with Crippen LogP contribution in [0.5, 0.6) is 0 Å². The third-order valence-corrected chi connectivity index (χ3v) is 6.22. The van der Waals surface area contributed by atoms with E-state index in [4.69, 9.17) is 23.2 Å². The fraction of sp³-hybridized carbons (Fsp3) is 0.286. The molecule has 0 fully saturated rings. The number of hydrogen-bond donors (Lipinski definition) is 1. The Hall–Kier alpha value is -2.55. The molecule has 0 unspecified atom stereocenters. The minimum Gasteiger partial charge on any atom is -0.332 e. The van der Waals surface area contributed by atoms with Crippen molar-refractivity contribution in [3.63, 3.8) is 0 Å². The lowest BCUT2D eigenvalue weighted by Crippen LogP contribution is -2.48. The van der Waals surface area contributed by atoms with Crippen LogP contribution < -0.4 is 5.32 Å². The fourth-order valence-electron chi connectivity index (χ4n) is 3.11. The third-order valence-electron chi connectivity index (χ3n) is 4.57. The number of thioether (sulfide) groups is 1. The van der Waals surface area contributed by atoms with Gasteiger partial charge in [0.05, 0.1) is 28.2 Å². The van der Waals surface area contributed by atoms with E-state index in [0.717, 1.165) is 17.8 Å². The van der Waals surface area contributed by atoms with Crippen molar-refractivity contribution in [3.05, 3.63) is 57.7 Å². The van der Waals surface area contributed by atoms with Crippen LogP contribution in [0.1, 0.15) is 29.8 Å². The molecular formula is C21H15Cl2F5N4OS. The van der Waals surface area contributed by atoms with E-state index in [1.54, 1.807) is 0 Å². The van der Waals surface area contributed by atoms with Gasteiger partial charge in [-0.25, -0.2) is 0 Å². The van der Waals surface area contributed by atoms with E-state index >= 15 is 0 Å². The van der Waals surface area contributed by atoms with Crippen LogP contribution in [-0.4, -0.2) is 26.5 Å². The minimum atomic E-state index is -4.72. The number of hydrogen-bond acceptors (Lipinski definition) is 4. The topological polar surface area (TPSA) is 70.7 Å². The first kappa shape index (κ1) is 26.1. The molecule has 180 valence electrons. The Balaban J connectivity index is 1.86. The summed E-state index contributed by atoms with van der Waals surface area (Å²) in [5.74, 6) is -0.683. The molecule has 1 heterocycles. The average Bonchev–Trinajstić information content (AvgIpc) is 3.12. The summed E-state index contributed by atoms with van der Waals surface area (Å²) in [6, 6.07) is 7.92. The van der Waals surface area contributed by atoms with Crippen molar-refractivity contribution in [2.45, 2.75) is 42.3 Å². The van der Waals surface area contributed by atoms with E-state index < -0.39 is 28.4 Å². The number of rotatable bonds is 6. The summed E-state index contributed by atoms with van der Waals surface area (Å²) in [5, 5.41) is 12.4. The zero-order valence-corrected chi connectivity index (χ0v) is 19.8. The van der Waals surface area contributed by atoms with Gasteiger partial charge in [-0.15, -0.1) is 0 Å². The zero-order valence-electron chi connectivity index (χ0n) is 17.5. The number of carbonyl (C=O) groups excluding carboxylic acids is 1. The van der Waals surface area contributed by atoms with E-state index in [9.17, 15) is 32.0 Å². The van der Waals surface area contributed by atoms with Crippen LogP contribution in [0.3, 0.4) is 0 Å². The maximum Gasteiger partial charge on any atom is 0.417 e. The first-order valence-electron chi connectivity index (χ1n) is 9.45. The summed E-state index contributed by atoms with van der Waals surface area (Å²) >= 11 is 12.2. The largest absolute Gasteiger partial charge is 0.417 e. The molecule has 0 aliphatic rings. The Kier molecular flexibility index (Phi) is 7.09. The summed E-state index contributed by atoms with van der Waals surface area (Å²) in [6.07, 6.45) is -3.65. The molecule has 0 aliphatic carbocycles. The van der Waals surface area contributed by atoms with Gasteiger partial charge in [-0.2, -0.15) is 32.3 Å². The van der Waals surface area contributed by atoms with Gasteiger partial charge >= 0.3 is 6.18 Å². The molecule has 1 amide bonds. The molecule has 0 radical (unpaired) electrons. The molecule has 34 heavy (non-hydrogen) atoms. The fourth-order valence-corrected chi connectivity index (χ4v) is 4.19. The molecule has 1 atom stereocenters. The van der Waals surface area contributed by atoms with Crippen LogP contribution in [0.15, 0.2) is 41.4 Å². The first-order valence-corrected chi connectivity index (χ1v) is 11.0. The number of nitriles is 1. The molecule has 1 N–H and O–H groups in total. The van der Waals surface area contributed by atoms with Crippen molar-refractivity contribution in [2.24, 2.45) is 0 Å². The summed E-state index contributed by atoms with van der Waals surface area (Å²) in [5.41, 5.74) is -2.72. The van der Waals surface area contributed by atoms with Gasteiger partial charge in [-0.3, -0.25) is 9.48 Å². The molecule has 0 saturated carbocycles. The van der Waals surface area contributed by atoms with Crippen LogP contribution in [-0.2, 0) is 12.7 Å². The molecule has 13 heteroatoms. The average molecular weight is 537 g/mol. The second-order valence-electron chi connectivity index (χ2n) is 7.64. The van der Waals surface area contributed by atoms with Crippen LogP contribution in [0.2, 0.25) is 10.0 Å². The highest BCUT2D eigenvalue weighted by Gasteiger charge is 2.35. The summed E-state index contributed by atoms with van der Waals surface area (Å²) in [4.78, 5) is 12.9. The summed E-state index contributed by atoms with van der Waals surface area (Å²) in [6.45, 7) is 1.79. The van der Waals surface area contributed by atoms with Gasteiger partial charge in [0.15, 0.2) is 0 Å². The van der Waals surface area contributed by atoms with Gasteiger partial charge in [0.1, 0.15) is 11.1 Å². The second-order valence-corrected chi connectivity index (χ2v) is 9.82. The van der Waals surface area contributed by atoms with E-state index in [1.165, 1.54) is 31.2 Å². The number of nitrogens with zero attached hydrogens (tertiary/aromatic N) is 3. The Labute approximate surface area is 204 Å². The number of alkyl halides is 5. The standard InChI is InChI=1S/C21H15Cl2F5N4OS/c1-19(9-29,30-18(33)11-3-5-12(6-4-11)34-20(2,24)25)10-32-8-13-14(21(26,27)28)7-15(22)16(23)17(13)31-32/h3-8H,10H2,1-2H3,(H,30,33)/t19-/m1/s1. The van der Waals surface area contributed by atoms with Gasteiger partial charge in [0.2, 0.25) is 0 Å². The summed E-state index contributed by atoms with van der Waals surface area (Å²) < 4.78 is 67.6. The molecule has 2 aromatic carbocycles. The van der Waals surface area contributed by atoms with E-state index in [1.807, 2.05) is 6.07 Å². The smallest absolute Gasteiger partial charge is 0.332 e.